The fourth-order valence-electron chi connectivity index (χ4n) is 1.66. The monoisotopic (exact) mass is 268 g/mol. The van der Waals surface area contributed by atoms with E-state index >= 15 is 0 Å². The van der Waals surface area contributed by atoms with Crippen molar-refractivity contribution in [3.8, 4) is 0 Å². The third-order valence-electron chi connectivity index (χ3n) is 2.76. The summed E-state index contributed by atoms with van der Waals surface area (Å²) in [4.78, 5) is 0. The van der Waals surface area contributed by atoms with Crippen molar-refractivity contribution in [2.45, 2.75) is 32.2 Å². The van der Waals surface area contributed by atoms with E-state index in [9.17, 15) is 0 Å². The molecule has 0 spiro atoms. The van der Waals surface area contributed by atoms with Gasteiger partial charge in [0.05, 0.1) is 0 Å². The highest BCUT2D eigenvalue weighted by atomic mass is 35.6. The van der Waals surface area contributed by atoms with Crippen LogP contribution in [-0.2, 0) is 0 Å². The van der Waals surface area contributed by atoms with E-state index in [1.165, 1.54) is 25.7 Å². The molecule has 0 aromatic carbocycles. The van der Waals surface area contributed by atoms with Gasteiger partial charge in [-0.3, -0.25) is 0 Å². The lowest BCUT2D eigenvalue weighted by Crippen LogP contribution is -1.83. The molecule has 0 saturated carbocycles. The van der Waals surface area contributed by atoms with Crippen LogP contribution in [0.2, 0.25) is 6.55 Å². The van der Waals surface area contributed by atoms with Crippen LogP contribution in [0.15, 0.2) is 49.6 Å². The summed E-state index contributed by atoms with van der Waals surface area (Å²) in [5.74, 6) is 1.50. The molecule has 0 aromatic rings. The SMILES string of the molecule is C=CC1CC=CC1.C=CC1CC=CC1.C[SiH2]Cl. The third kappa shape index (κ3) is 9.19. The first kappa shape index (κ1) is 16.5. The Bertz CT molecular complexity index is 214. The highest BCUT2D eigenvalue weighted by molar-refractivity contribution is 6.92. The highest BCUT2D eigenvalue weighted by Gasteiger charge is 2.03. The summed E-state index contributed by atoms with van der Waals surface area (Å²) in [5.41, 5.74) is 0. The second-order valence-corrected chi connectivity index (χ2v) is 6.28. The molecule has 0 amide bonds. The molecular formula is C15H25ClSi. The minimum absolute atomic E-state index is 0.111. The van der Waals surface area contributed by atoms with E-state index in [2.05, 4.69) is 37.5 Å². The first-order valence-electron chi connectivity index (χ1n) is 6.39. The van der Waals surface area contributed by atoms with Gasteiger partial charge in [0.15, 0.2) is 0 Å². The van der Waals surface area contributed by atoms with Crippen molar-refractivity contribution in [2.24, 2.45) is 11.8 Å². The lowest BCUT2D eigenvalue weighted by atomic mass is 10.1. The van der Waals surface area contributed by atoms with Crippen molar-refractivity contribution < 1.29 is 0 Å². The van der Waals surface area contributed by atoms with Gasteiger partial charge in [-0.25, -0.2) is 0 Å². The summed E-state index contributed by atoms with van der Waals surface area (Å²) in [5, 5.41) is 0. The molecule has 0 fully saturated rings. The van der Waals surface area contributed by atoms with E-state index in [1.54, 1.807) is 0 Å². The largest absolute Gasteiger partial charge is 0.176 e. The second-order valence-electron chi connectivity index (χ2n) is 4.14. The summed E-state index contributed by atoms with van der Waals surface area (Å²) in [7, 11) is -0.111. The van der Waals surface area contributed by atoms with Crippen molar-refractivity contribution in [3.05, 3.63) is 49.6 Å². The predicted octanol–water partition coefficient (Wildman–Crippen LogP) is 4.63. The van der Waals surface area contributed by atoms with Gasteiger partial charge in [-0.15, -0.1) is 13.2 Å². The van der Waals surface area contributed by atoms with Crippen LogP contribution in [0.3, 0.4) is 0 Å². The van der Waals surface area contributed by atoms with Crippen LogP contribution < -0.4 is 0 Å². The Morgan fingerprint density at radius 3 is 1.29 bits per heavy atom. The van der Waals surface area contributed by atoms with E-state index < -0.39 is 0 Å². The maximum atomic E-state index is 5.14. The molecule has 0 aliphatic heterocycles. The van der Waals surface area contributed by atoms with Crippen molar-refractivity contribution in [2.75, 3.05) is 0 Å². The number of allylic oxidation sites excluding steroid dienone is 6. The Balaban J connectivity index is 0.000000247. The zero-order valence-electron chi connectivity index (χ0n) is 10.9. The van der Waals surface area contributed by atoms with Crippen molar-refractivity contribution in [1.82, 2.24) is 0 Å². The average molecular weight is 269 g/mol. The van der Waals surface area contributed by atoms with Gasteiger partial charge in [0.2, 0.25) is 0 Å². The molecule has 2 aliphatic carbocycles. The summed E-state index contributed by atoms with van der Waals surface area (Å²) in [6.45, 7) is 9.43. The van der Waals surface area contributed by atoms with E-state index in [-0.39, 0.29) is 8.83 Å². The Kier molecular flexibility index (Phi) is 11.6. The molecule has 2 heteroatoms. The van der Waals surface area contributed by atoms with Gasteiger partial charge >= 0.3 is 0 Å². The molecule has 2 rings (SSSR count). The number of hydrogen-bond acceptors (Lipinski definition) is 0. The predicted molar refractivity (Wildman–Crippen MR) is 84.4 cm³/mol. The molecule has 0 heterocycles. The van der Waals surface area contributed by atoms with Gasteiger partial charge in [-0.05, 0) is 37.5 Å². The zero-order chi connectivity index (χ0) is 12.9. The Morgan fingerprint density at radius 2 is 1.18 bits per heavy atom. The van der Waals surface area contributed by atoms with Crippen LogP contribution in [0.25, 0.3) is 0 Å². The fraction of sp³-hybridized carbons (Fsp3) is 0.467. The van der Waals surface area contributed by atoms with E-state index in [1.807, 2.05) is 18.7 Å². The Labute approximate surface area is 114 Å². The van der Waals surface area contributed by atoms with Crippen molar-refractivity contribution in [3.63, 3.8) is 0 Å². The third-order valence-corrected chi connectivity index (χ3v) is 2.76. The molecule has 0 N–H and O–H groups in total. The maximum absolute atomic E-state index is 5.14. The lowest BCUT2D eigenvalue weighted by molar-refractivity contribution is 0.718. The first-order chi connectivity index (χ1) is 8.28. The normalized spacial score (nSPS) is 18.7. The van der Waals surface area contributed by atoms with Gasteiger partial charge in [0.25, 0.3) is 0 Å². The van der Waals surface area contributed by atoms with Crippen molar-refractivity contribution >= 4 is 19.9 Å². The highest BCUT2D eigenvalue weighted by Crippen LogP contribution is 2.17. The topological polar surface area (TPSA) is 0 Å². The molecule has 2 aliphatic rings. The molecule has 0 bridgehead atoms. The van der Waals surface area contributed by atoms with Gasteiger partial charge in [-0.1, -0.05) is 43.0 Å². The molecule has 0 unspecified atom stereocenters. The molecule has 0 nitrogen and oxygen atoms in total. The van der Waals surface area contributed by atoms with E-state index in [4.69, 9.17) is 11.1 Å². The molecule has 0 radical (unpaired) electrons. The summed E-state index contributed by atoms with van der Waals surface area (Å²) >= 11 is 5.14. The lowest BCUT2D eigenvalue weighted by Gasteiger charge is -1.95. The van der Waals surface area contributed by atoms with Gasteiger partial charge < -0.3 is 0 Å². The van der Waals surface area contributed by atoms with Crippen LogP contribution in [0, 0.1) is 11.8 Å². The fourth-order valence-corrected chi connectivity index (χ4v) is 1.66. The maximum Gasteiger partial charge on any atom is 0.122 e. The zero-order valence-corrected chi connectivity index (χ0v) is 13.1. The Hall–Kier alpha value is -0.533. The van der Waals surface area contributed by atoms with Gasteiger partial charge in [0, 0.05) is 0 Å². The van der Waals surface area contributed by atoms with Crippen LogP contribution in [0.5, 0.6) is 0 Å². The first-order valence-corrected chi connectivity index (χ1v) is 9.94. The van der Waals surface area contributed by atoms with Crippen LogP contribution in [-0.4, -0.2) is 8.83 Å². The number of rotatable bonds is 2. The molecule has 0 aromatic heterocycles. The molecule has 96 valence electrons. The van der Waals surface area contributed by atoms with Gasteiger partial charge in [0.1, 0.15) is 8.83 Å². The van der Waals surface area contributed by atoms with Crippen LogP contribution >= 0.6 is 11.1 Å². The number of hydrogen-bond donors (Lipinski definition) is 0. The van der Waals surface area contributed by atoms with Crippen LogP contribution in [0.1, 0.15) is 25.7 Å². The standard InChI is InChI=1S/2C7H10.CH5ClSi/c2*1-2-7-5-3-4-6-7;1-3-2/h2*2-4,7H,1,5-6H2;3H2,1H3. The summed E-state index contributed by atoms with van der Waals surface area (Å²) < 4.78 is 0. The smallest absolute Gasteiger partial charge is 0.122 e. The molecule has 17 heavy (non-hydrogen) atoms. The second kappa shape index (κ2) is 11.9. The van der Waals surface area contributed by atoms with E-state index in [0.717, 1.165) is 11.8 Å². The molecule has 0 saturated heterocycles. The number of halogens is 1. The van der Waals surface area contributed by atoms with Crippen molar-refractivity contribution in [1.29, 1.82) is 0 Å². The molecular weight excluding hydrogens is 244 g/mol. The minimum Gasteiger partial charge on any atom is -0.176 e. The summed E-state index contributed by atoms with van der Waals surface area (Å²) in [6.07, 6.45) is 17.8. The quantitative estimate of drug-likeness (QED) is 0.389. The minimum atomic E-state index is -0.111. The van der Waals surface area contributed by atoms with Crippen LogP contribution in [0.4, 0.5) is 0 Å². The Morgan fingerprint density at radius 1 is 0.941 bits per heavy atom. The molecule has 0 atom stereocenters. The average Bonchev–Trinajstić information content (AvgIpc) is 3.04. The van der Waals surface area contributed by atoms with E-state index in [0.29, 0.717) is 0 Å². The summed E-state index contributed by atoms with van der Waals surface area (Å²) in [6, 6.07) is 0. The van der Waals surface area contributed by atoms with Gasteiger partial charge in [-0.2, -0.15) is 11.1 Å².